The van der Waals surface area contributed by atoms with Crippen molar-refractivity contribution in [1.29, 1.82) is 0 Å². The fourth-order valence-electron chi connectivity index (χ4n) is 1.20. The second kappa shape index (κ2) is 4.17. The third-order valence-electron chi connectivity index (χ3n) is 2.33. The molecule has 0 aliphatic rings. The Morgan fingerprint density at radius 3 is 2.85 bits per heavy atom. The number of carbonyl (C=O) groups is 1. The van der Waals surface area contributed by atoms with Gasteiger partial charge in [0.2, 0.25) is 0 Å². The SMILES string of the molecule is CCC(C)C(=O)c1cccnc1C. The van der Waals surface area contributed by atoms with E-state index in [1.165, 1.54) is 0 Å². The smallest absolute Gasteiger partial charge is 0.167 e. The number of ketones is 1. The Hall–Kier alpha value is -1.18. The first-order chi connectivity index (χ1) is 6.16. The number of hydrogen-bond donors (Lipinski definition) is 0. The van der Waals surface area contributed by atoms with Gasteiger partial charge in [0.1, 0.15) is 0 Å². The van der Waals surface area contributed by atoms with Gasteiger partial charge in [-0.3, -0.25) is 9.78 Å². The molecule has 0 bridgehead atoms. The zero-order valence-corrected chi connectivity index (χ0v) is 8.37. The number of hydrogen-bond acceptors (Lipinski definition) is 2. The highest BCUT2D eigenvalue weighted by Gasteiger charge is 2.14. The van der Waals surface area contributed by atoms with Crippen LogP contribution in [0.15, 0.2) is 18.3 Å². The molecule has 1 rings (SSSR count). The Morgan fingerprint density at radius 1 is 1.62 bits per heavy atom. The van der Waals surface area contributed by atoms with Crippen LogP contribution in [0.5, 0.6) is 0 Å². The molecule has 0 saturated heterocycles. The zero-order chi connectivity index (χ0) is 9.84. The third-order valence-corrected chi connectivity index (χ3v) is 2.33. The summed E-state index contributed by atoms with van der Waals surface area (Å²) in [5.74, 6) is 0.302. The van der Waals surface area contributed by atoms with Crippen molar-refractivity contribution in [2.24, 2.45) is 5.92 Å². The quantitative estimate of drug-likeness (QED) is 0.664. The van der Waals surface area contributed by atoms with Crippen molar-refractivity contribution in [3.8, 4) is 0 Å². The fraction of sp³-hybridized carbons (Fsp3) is 0.455. The molecular weight excluding hydrogens is 162 g/mol. The van der Waals surface area contributed by atoms with Gasteiger partial charge in [-0.2, -0.15) is 0 Å². The van der Waals surface area contributed by atoms with Crippen LogP contribution in [0.3, 0.4) is 0 Å². The van der Waals surface area contributed by atoms with Gasteiger partial charge < -0.3 is 0 Å². The average Bonchev–Trinajstić information content (AvgIpc) is 2.16. The summed E-state index contributed by atoms with van der Waals surface area (Å²) in [6, 6.07) is 3.65. The molecule has 1 heterocycles. The molecule has 2 heteroatoms. The molecule has 0 spiro atoms. The predicted molar refractivity (Wildman–Crippen MR) is 52.8 cm³/mol. The van der Waals surface area contributed by atoms with Crippen molar-refractivity contribution in [1.82, 2.24) is 4.98 Å². The van der Waals surface area contributed by atoms with Crippen molar-refractivity contribution in [3.63, 3.8) is 0 Å². The van der Waals surface area contributed by atoms with Gasteiger partial charge in [0.25, 0.3) is 0 Å². The Balaban J connectivity index is 2.95. The van der Waals surface area contributed by atoms with E-state index in [4.69, 9.17) is 0 Å². The molecule has 0 aliphatic carbocycles. The number of pyridine rings is 1. The van der Waals surface area contributed by atoms with E-state index in [0.29, 0.717) is 0 Å². The Morgan fingerprint density at radius 2 is 2.31 bits per heavy atom. The minimum Gasteiger partial charge on any atom is -0.294 e. The molecule has 0 radical (unpaired) electrons. The van der Waals surface area contributed by atoms with Crippen LogP contribution in [-0.2, 0) is 0 Å². The van der Waals surface area contributed by atoms with Gasteiger partial charge >= 0.3 is 0 Å². The fourth-order valence-corrected chi connectivity index (χ4v) is 1.20. The summed E-state index contributed by atoms with van der Waals surface area (Å²) in [6.45, 7) is 5.85. The molecule has 1 atom stereocenters. The molecule has 0 aromatic carbocycles. The van der Waals surface area contributed by atoms with Crippen molar-refractivity contribution in [2.75, 3.05) is 0 Å². The van der Waals surface area contributed by atoms with E-state index in [1.54, 1.807) is 6.20 Å². The van der Waals surface area contributed by atoms with Crippen molar-refractivity contribution < 1.29 is 4.79 Å². The molecule has 1 unspecified atom stereocenters. The average molecular weight is 177 g/mol. The highest BCUT2D eigenvalue weighted by atomic mass is 16.1. The second-order valence-electron chi connectivity index (χ2n) is 3.31. The first kappa shape index (κ1) is 9.90. The zero-order valence-electron chi connectivity index (χ0n) is 8.37. The van der Waals surface area contributed by atoms with Crippen LogP contribution in [0.1, 0.15) is 36.3 Å². The standard InChI is InChI=1S/C11H15NO/c1-4-8(2)11(13)10-6-5-7-12-9(10)3/h5-8H,4H2,1-3H3. The van der Waals surface area contributed by atoms with Gasteiger partial charge in [-0.25, -0.2) is 0 Å². The van der Waals surface area contributed by atoms with Gasteiger partial charge in [-0.1, -0.05) is 13.8 Å². The van der Waals surface area contributed by atoms with Gasteiger partial charge in [0, 0.05) is 23.4 Å². The van der Waals surface area contributed by atoms with Gasteiger partial charge in [0.05, 0.1) is 0 Å². The molecule has 2 nitrogen and oxygen atoms in total. The normalized spacial score (nSPS) is 12.5. The van der Waals surface area contributed by atoms with Crippen molar-refractivity contribution in [2.45, 2.75) is 27.2 Å². The molecule has 0 saturated carbocycles. The van der Waals surface area contributed by atoms with E-state index in [2.05, 4.69) is 4.98 Å². The lowest BCUT2D eigenvalue weighted by molar-refractivity contribution is 0.0926. The molecule has 0 N–H and O–H groups in total. The third kappa shape index (κ3) is 2.14. The summed E-state index contributed by atoms with van der Waals surface area (Å²) in [5.41, 5.74) is 1.59. The lowest BCUT2D eigenvalue weighted by atomic mass is 9.96. The maximum Gasteiger partial charge on any atom is 0.167 e. The van der Waals surface area contributed by atoms with Crippen LogP contribution in [0.25, 0.3) is 0 Å². The van der Waals surface area contributed by atoms with E-state index < -0.39 is 0 Å². The minimum atomic E-state index is 0.0999. The lowest BCUT2D eigenvalue weighted by Crippen LogP contribution is -2.12. The number of carbonyl (C=O) groups excluding carboxylic acids is 1. The molecule has 0 amide bonds. The highest BCUT2D eigenvalue weighted by Crippen LogP contribution is 2.13. The molecule has 0 aliphatic heterocycles. The summed E-state index contributed by atoms with van der Waals surface area (Å²) in [6.07, 6.45) is 2.59. The van der Waals surface area contributed by atoms with E-state index in [9.17, 15) is 4.79 Å². The van der Waals surface area contributed by atoms with E-state index in [0.717, 1.165) is 17.7 Å². The largest absolute Gasteiger partial charge is 0.294 e. The molecule has 13 heavy (non-hydrogen) atoms. The number of rotatable bonds is 3. The van der Waals surface area contributed by atoms with Crippen LogP contribution in [0.4, 0.5) is 0 Å². The first-order valence-electron chi connectivity index (χ1n) is 4.62. The summed E-state index contributed by atoms with van der Waals surface area (Å²) in [5, 5.41) is 0. The maximum absolute atomic E-state index is 11.8. The van der Waals surface area contributed by atoms with Gasteiger partial charge in [-0.15, -0.1) is 0 Å². The van der Waals surface area contributed by atoms with E-state index in [-0.39, 0.29) is 11.7 Å². The molecular formula is C11H15NO. The van der Waals surface area contributed by atoms with E-state index in [1.807, 2.05) is 32.9 Å². The van der Waals surface area contributed by atoms with Crippen molar-refractivity contribution in [3.05, 3.63) is 29.6 Å². The van der Waals surface area contributed by atoms with Gasteiger partial charge in [-0.05, 0) is 25.5 Å². The van der Waals surface area contributed by atoms with E-state index >= 15 is 0 Å². The number of Topliss-reactive ketones (excluding diaryl/α,β-unsaturated/α-hetero) is 1. The topological polar surface area (TPSA) is 30.0 Å². The monoisotopic (exact) mass is 177 g/mol. The first-order valence-corrected chi connectivity index (χ1v) is 4.62. The Labute approximate surface area is 79.0 Å². The Bertz CT molecular complexity index is 307. The Kier molecular flexibility index (Phi) is 3.18. The van der Waals surface area contributed by atoms with Gasteiger partial charge in [0.15, 0.2) is 5.78 Å². The van der Waals surface area contributed by atoms with Crippen LogP contribution in [0.2, 0.25) is 0 Å². The molecule has 1 aromatic rings. The van der Waals surface area contributed by atoms with Crippen LogP contribution in [-0.4, -0.2) is 10.8 Å². The minimum absolute atomic E-state index is 0.0999. The van der Waals surface area contributed by atoms with Crippen LogP contribution in [0, 0.1) is 12.8 Å². The molecule has 1 aromatic heterocycles. The van der Waals surface area contributed by atoms with Crippen LogP contribution < -0.4 is 0 Å². The van der Waals surface area contributed by atoms with Crippen LogP contribution >= 0.6 is 0 Å². The second-order valence-corrected chi connectivity index (χ2v) is 3.31. The summed E-state index contributed by atoms with van der Waals surface area (Å²) in [7, 11) is 0. The summed E-state index contributed by atoms with van der Waals surface area (Å²) < 4.78 is 0. The highest BCUT2D eigenvalue weighted by molar-refractivity contribution is 5.98. The van der Waals surface area contributed by atoms with Crippen molar-refractivity contribution >= 4 is 5.78 Å². The maximum atomic E-state index is 11.8. The molecule has 0 fully saturated rings. The summed E-state index contributed by atoms with van der Waals surface area (Å²) in [4.78, 5) is 15.9. The summed E-state index contributed by atoms with van der Waals surface area (Å²) >= 11 is 0. The number of aryl methyl sites for hydroxylation is 1. The molecule has 70 valence electrons. The number of nitrogens with zero attached hydrogens (tertiary/aromatic N) is 1. The predicted octanol–water partition coefficient (Wildman–Crippen LogP) is 2.62. The number of aromatic nitrogens is 1. The lowest BCUT2D eigenvalue weighted by Gasteiger charge is -2.08.